The maximum atomic E-state index is 12.4. The number of rotatable bonds is 4. The Hall–Kier alpha value is -9.36. The van der Waals surface area contributed by atoms with Crippen molar-refractivity contribution in [1.82, 2.24) is 0 Å². The summed E-state index contributed by atoms with van der Waals surface area (Å²) in [7, 11) is 0. The summed E-state index contributed by atoms with van der Waals surface area (Å²) < 4.78 is 49.1. The van der Waals surface area contributed by atoms with E-state index in [1.807, 2.05) is 61.5 Å². The number of aromatic hydroxyl groups is 1. The van der Waals surface area contributed by atoms with Gasteiger partial charge in [-0.1, -0.05) is 118 Å². The molecule has 0 bridgehead atoms. The Morgan fingerprint density at radius 2 is 1.02 bits per heavy atom. The molecule has 3 heterocycles. The number of ether oxygens (including phenoxy) is 7. The van der Waals surface area contributed by atoms with E-state index >= 15 is 0 Å². The van der Waals surface area contributed by atoms with E-state index in [9.17, 15) is 26.2 Å². The lowest BCUT2D eigenvalue weighted by atomic mass is 9.26. The van der Waals surface area contributed by atoms with Gasteiger partial charge in [0.05, 0.1) is 0 Å². The average molecular weight is 1150 g/mol. The number of nitriles is 4. The summed E-state index contributed by atoms with van der Waals surface area (Å²) in [6.07, 6.45) is 1.89. The van der Waals surface area contributed by atoms with Gasteiger partial charge in [0.25, 0.3) is 0 Å². The minimum absolute atomic E-state index is 0.0103. The first-order chi connectivity index (χ1) is 41.4. The zero-order valence-electron chi connectivity index (χ0n) is 51.1. The molecule has 16 rings (SSSR count). The van der Waals surface area contributed by atoms with Crippen LogP contribution in [-0.4, -0.2) is 22.4 Å². The van der Waals surface area contributed by atoms with Crippen LogP contribution in [0.25, 0.3) is 32.7 Å². The van der Waals surface area contributed by atoms with Gasteiger partial charge in [0, 0.05) is 33.3 Å². The molecular formula is C75H64N4O8. The fraction of sp³-hybridized carbons (Fsp3) is 0.360. The van der Waals surface area contributed by atoms with Crippen LogP contribution in [0.1, 0.15) is 188 Å². The molecule has 1 N–H and O–H groups in total. The fourth-order valence-corrected chi connectivity index (χ4v) is 18.3. The van der Waals surface area contributed by atoms with Crippen LogP contribution >= 0.6 is 0 Å². The van der Waals surface area contributed by atoms with E-state index < -0.39 is 27.4 Å². The minimum Gasteiger partial charge on any atom is -0.504 e. The monoisotopic (exact) mass is 1150 g/mol. The van der Waals surface area contributed by atoms with Crippen molar-refractivity contribution >= 4 is 21.5 Å². The summed E-state index contributed by atoms with van der Waals surface area (Å²) in [5.41, 5.74) is 5.69. The fourth-order valence-electron chi connectivity index (χ4n) is 18.3. The molecule has 1 spiro atoms. The van der Waals surface area contributed by atoms with Gasteiger partial charge in [-0.3, -0.25) is 0 Å². The zero-order chi connectivity index (χ0) is 60.9. The number of nitrogens with zero attached hydrogens (tertiary/aromatic N) is 4. The van der Waals surface area contributed by atoms with Gasteiger partial charge >= 0.3 is 0 Å². The van der Waals surface area contributed by atoms with Gasteiger partial charge in [0.1, 0.15) is 63.8 Å². The number of benzene rings is 8. The summed E-state index contributed by atoms with van der Waals surface area (Å²) in [4.78, 5) is 0. The van der Waals surface area contributed by atoms with Crippen molar-refractivity contribution in [2.75, 3.05) is 0 Å². The molecule has 8 aromatic rings. The standard InChI is InChI=1S/C75H64N4O8/c1-14-71(10)38(5)81-68-56(86-71)24-40-20-16-18-22-42(40)60(68)59-41-21-17-15-19-39(41)23-55-67(59)85-66-45(31-78)61-62(46(32-79)65(66)84-55)73(12)72(61,11)37(4)74(73,13)87-52-27-49-47(25-51(52)80)69(6,7)33-75(49)34-70(8,9)48-26-53-54(28-50(48)75)83-64-44(30-77)58-36(3)35(2)57(58)43(29-76)63(64)82-53/h15-28,35-38,80H,14,33-34H2,1-13H3. The highest BCUT2D eigenvalue weighted by molar-refractivity contribution is 6.12. The first-order valence-electron chi connectivity index (χ1n) is 30.4. The molecule has 0 radical (unpaired) electrons. The van der Waals surface area contributed by atoms with Crippen molar-refractivity contribution in [3.63, 3.8) is 0 Å². The van der Waals surface area contributed by atoms with Crippen molar-refractivity contribution in [3.8, 4) is 104 Å². The van der Waals surface area contributed by atoms with E-state index in [1.54, 1.807) is 0 Å². The molecule has 5 aliphatic carbocycles. The Labute approximate surface area is 506 Å². The summed E-state index contributed by atoms with van der Waals surface area (Å²) >= 11 is 0. The van der Waals surface area contributed by atoms with Crippen LogP contribution in [0.15, 0.2) is 84.9 Å². The van der Waals surface area contributed by atoms with Crippen LogP contribution < -0.4 is 33.2 Å². The number of phenolic OH excluding ortho intramolecular Hbond substituents is 1. The molecule has 9 unspecified atom stereocenters. The van der Waals surface area contributed by atoms with E-state index in [1.165, 1.54) is 0 Å². The van der Waals surface area contributed by atoms with Gasteiger partial charge in [-0.15, -0.1) is 0 Å². The highest BCUT2D eigenvalue weighted by Gasteiger charge is 2.83. The normalized spacial score (nSPS) is 28.3. The van der Waals surface area contributed by atoms with Gasteiger partial charge < -0.3 is 38.3 Å². The van der Waals surface area contributed by atoms with Gasteiger partial charge in [0.2, 0.25) is 0 Å². The topological polar surface area (TPSA) is 180 Å². The lowest BCUT2D eigenvalue weighted by Gasteiger charge is -2.78. The molecule has 1 fully saturated rings. The van der Waals surface area contributed by atoms with Crippen molar-refractivity contribution < 1.29 is 38.3 Å². The van der Waals surface area contributed by atoms with Gasteiger partial charge in [-0.2, -0.15) is 21.0 Å². The van der Waals surface area contributed by atoms with E-state index in [0.717, 1.165) is 85.3 Å². The Balaban J connectivity index is 0.809. The predicted octanol–water partition coefficient (Wildman–Crippen LogP) is 17.9. The maximum absolute atomic E-state index is 12.4. The van der Waals surface area contributed by atoms with Crippen LogP contribution in [0.4, 0.5) is 0 Å². The Morgan fingerprint density at radius 1 is 0.540 bits per heavy atom. The van der Waals surface area contributed by atoms with Crippen molar-refractivity contribution in [3.05, 3.63) is 152 Å². The van der Waals surface area contributed by atoms with Crippen LogP contribution in [0, 0.1) is 51.2 Å². The molecule has 0 aromatic heterocycles. The van der Waals surface area contributed by atoms with Crippen molar-refractivity contribution in [2.45, 2.75) is 165 Å². The number of hydrogen-bond donors (Lipinski definition) is 1. The number of hydrogen-bond acceptors (Lipinski definition) is 12. The third-order valence-electron chi connectivity index (χ3n) is 23.5. The molecule has 9 atom stereocenters. The van der Waals surface area contributed by atoms with Gasteiger partial charge in [0.15, 0.2) is 69.0 Å². The second-order valence-electron chi connectivity index (χ2n) is 28.1. The summed E-state index contributed by atoms with van der Waals surface area (Å²) in [6.45, 7) is 27.8. The summed E-state index contributed by atoms with van der Waals surface area (Å²) in [5, 5.41) is 60.3. The molecule has 432 valence electrons. The first-order valence-corrected chi connectivity index (χ1v) is 30.4. The summed E-state index contributed by atoms with van der Waals surface area (Å²) in [6, 6.07) is 38.2. The minimum atomic E-state index is -1.03. The van der Waals surface area contributed by atoms with Crippen molar-refractivity contribution in [2.24, 2.45) is 5.92 Å². The van der Waals surface area contributed by atoms with E-state index in [-0.39, 0.29) is 63.2 Å². The van der Waals surface area contributed by atoms with Crippen LogP contribution in [-0.2, 0) is 27.1 Å². The second kappa shape index (κ2) is 16.6. The van der Waals surface area contributed by atoms with Gasteiger partial charge in [-0.25, -0.2) is 0 Å². The highest BCUT2D eigenvalue weighted by Crippen LogP contribution is 2.80. The molecular weight excluding hydrogens is 1080 g/mol. The quantitative estimate of drug-likeness (QED) is 0.176. The molecule has 3 aliphatic heterocycles. The van der Waals surface area contributed by atoms with Crippen LogP contribution in [0.5, 0.6) is 69.0 Å². The molecule has 8 aliphatic rings. The molecule has 8 aromatic carbocycles. The Morgan fingerprint density at radius 3 is 1.60 bits per heavy atom. The Bertz CT molecular complexity index is 4800. The van der Waals surface area contributed by atoms with Crippen molar-refractivity contribution in [1.29, 1.82) is 21.0 Å². The SMILES string of the molecule is CCC1(C)Oc2cc3ccccc3c(-c3c4c(cc5ccccc35)Oc3c(C#N)c5c(c(C#N)c3O4)C3(C)C(C)C(C)(Oc4cc6c(cc4O)C(C)(C)CC64CC(C)(C)c6cc7c(cc64)Oc4c(C#N)c6c(c(C#N)c4O7)C(C)C6C)C53C)c2OC1C. The maximum Gasteiger partial charge on any atom is 0.189 e. The highest BCUT2D eigenvalue weighted by atomic mass is 16.6. The number of fused-ring (bicyclic) bond motifs is 16. The van der Waals surface area contributed by atoms with E-state index in [4.69, 9.17) is 33.2 Å². The predicted molar refractivity (Wildman–Crippen MR) is 329 cm³/mol. The van der Waals surface area contributed by atoms with E-state index in [0.29, 0.717) is 73.8 Å². The van der Waals surface area contributed by atoms with Crippen LogP contribution in [0.2, 0.25) is 0 Å². The molecule has 87 heavy (non-hydrogen) atoms. The number of phenols is 1. The largest absolute Gasteiger partial charge is 0.504 e. The smallest absolute Gasteiger partial charge is 0.189 e. The molecule has 0 amide bonds. The lowest BCUT2D eigenvalue weighted by molar-refractivity contribution is -0.213. The average Bonchev–Trinajstić information content (AvgIpc) is 1.11. The van der Waals surface area contributed by atoms with Gasteiger partial charge in [-0.05, 0) is 165 Å². The first kappa shape index (κ1) is 53.1. The molecule has 1 saturated carbocycles. The Kier molecular flexibility index (Phi) is 10.1. The third kappa shape index (κ3) is 6.05. The summed E-state index contributed by atoms with van der Waals surface area (Å²) in [5.74, 6) is 4.15. The lowest BCUT2D eigenvalue weighted by Crippen LogP contribution is -2.85. The third-order valence-corrected chi connectivity index (χ3v) is 23.5. The van der Waals surface area contributed by atoms with E-state index in [2.05, 4.69) is 138 Å². The van der Waals surface area contributed by atoms with Crippen LogP contribution in [0.3, 0.4) is 0 Å². The molecule has 0 saturated heterocycles. The second-order valence-corrected chi connectivity index (χ2v) is 28.1. The molecule has 12 nitrogen and oxygen atoms in total. The zero-order valence-corrected chi connectivity index (χ0v) is 51.1. The molecule has 12 heteroatoms.